The summed E-state index contributed by atoms with van der Waals surface area (Å²) in [6, 6.07) is 0. The number of imidazole rings is 1. The van der Waals surface area contributed by atoms with Gasteiger partial charge in [0.1, 0.15) is 11.9 Å². The third-order valence-corrected chi connectivity index (χ3v) is 2.01. The Hall–Kier alpha value is -1.40. The quantitative estimate of drug-likeness (QED) is 0.566. The summed E-state index contributed by atoms with van der Waals surface area (Å²) in [5, 5.41) is 2.72. The van der Waals surface area contributed by atoms with Gasteiger partial charge in [-0.25, -0.2) is 4.98 Å². The van der Waals surface area contributed by atoms with Crippen LogP contribution in [0, 0.1) is 0 Å². The highest BCUT2D eigenvalue weighted by molar-refractivity contribution is 5.80. The summed E-state index contributed by atoms with van der Waals surface area (Å²) in [5.74, 6) is 0.656. The van der Waals surface area contributed by atoms with Crippen molar-refractivity contribution in [1.29, 1.82) is 0 Å². The van der Waals surface area contributed by atoms with Gasteiger partial charge in [0.05, 0.1) is 0 Å². The Labute approximate surface area is 88.2 Å². The molecule has 1 heterocycles. The molecule has 0 saturated heterocycles. The molecule has 15 heavy (non-hydrogen) atoms. The van der Waals surface area contributed by atoms with E-state index in [1.807, 2.05) is 0 Å². The van der Waals surface area contributed by atoms with Crippen LogP contribution in [0.2, 0.25) is 0 Å². The number of nitrogens with zero attached hydrogens (tertiary/aromatic N) is 1. The molecule has 1 aromatic heterocycles. The fraction of sp³-hybridized carbons (Fsp3) is 0.556. The second kappa shape index (κ2) is 6.15. The molecule has 1 amide bonds. The molecule has 0 aromatic carbocycles. The number of rotatable bonds is 6. The summed E-state index contributed by atoms with van der Waals surface area (Å²) in [7, 11) is 1.46. The third-order valence-electron chi connectivity index (χ3n) is 2.01. The van der Waals surface area contributed by atoms with Crippen molar-refractivity contribution >= 4 is 5.91 Å². The fourth-order valence-electron chi connectivity index (χ4n) is 1.16. The molecule has 0 aliphatic rings. The number of ether oxygens (including phenoxy) is 1. The van der Waals surface area contributed by atoms with E-state index in [-0.39, 0.29) is 12.5 Å². The maximum atomic E-state index is 11.4. The van der Waals surface area contributed by atoms with Gasteiger partial charge in [-0.15, -0.1) is 0 Å². The zero-order chi connectivity index (χ0) is 11.1. The van der Waals surface area contributed by atoms with Crippen LogP contribution in [0.15, 0.2) is 12.4 Å². The van der Waals surface area contributed by atoms with Gasteiger partial charge in [0.2, 0.25) is 5.91 Å². The molecule has 1 unspecified atom stereocenters. The molecule has 0 bridgehead atoms. The average Bonchev–Trinajstić information content (AvgIpc) is 2.72. The number of H-pyrrole nitrogens is 1. The zero-order valence-electron chi connectivity index (χ0n) is 8.69. The van der Waals surface area contributed by atoms with Crippen LogP contribution >= 0.6 is 0 Å². The van der Waals surface area contributed by atoms with Crippen LogP contribution in [0.4, 0.5) is 0 Å². The molecule has 0 saturated carbocycles. The number of hydrogen-bond acceptors (Lipinski definition) is 4. The molecule has 0 fully saturated rings. The molecule has 4 N–H and O–H groups in total. The second-order valence-corrected chi connectivity index (χ2v) is 3.04. The van der Waals surface area contributed by atoms with E-state index in [1.165, 1.54) is 7.11 Å². The number of nitrogens with one attached hydrogen (secondary N) is 2. The van der Waals surface area contributed by atoms with Crippen LogP contribution in [0.1, 0.15) is 5.82 Å². The summed E-state index contributed by atoms with van der Waals surface area (Å²) < 4.78 is 4.89. The van der Waals surface area contributed by atoms with Gasteiger partial charge >= 0.3 is 0 Å². The first kappa shape index (κ1) is 11.7. The highest BCUT2D eigenvalue weighted by Crippen LogP contribution is 1.90. The minimum atomic E-state index is -0.568. The normalized spacial score (nSPS) is 12.4. The van der Waals surface area contributed by atoms with Crippen LogP contribution in [0.5, 0.6) is 0 Å². The summed E-state index contributed by atoms with van der Waals surface area (Å²) in [4.78, 5) is 18.4. The van der Waals surface area contributed by atoms with Crippen molar-refractivity contribution in [3.63, 3.8) is 0 Å². The number of carbonyl (C=O) groups excluding carboxylic acids is 1. The number of aromatic nitrogens is 2. The molecular weight excluding hydrogens is 196 g/mol. The molecule has 6 heteroatoms. The van der Waals surface area contributed by atoms with Gasteiger partial charge < -0.3 is 20.8 Å². The molecule has 6 nitrogen and oxygen atoms in total. The van der Waals surface area contributed by atoms with E-state index in [9.17, 15) is 4.79 Å². The lowest BCUT2D eigenvalue weighted by atomic mass is 10.3. The lowest BCUT2D eigenvalue weighted by molar-refractivity contribution is -0.130. The van der Waals surface area contributed by atoms with Crippen molar-refractivity contribution in [3.05, 3.63) is 18.2 Å². The van der Waals surface area contributed by atoms with Crippen LogP contribution < -0.4 is 11.1 Å². The van der Waals surface area contributed by atoms with Crippen LogP contribution in [0.25, 0.3) is 0 Å². The fourth-order valence-corrected chi connectivity index (χ4v) is 1.16. The number of amides is 1. The molecular formula is C9H16N4O2. The molecule has 84 valence electrons. The molecule has 0 aliphatic carbocycles. The van der Waals surface area contributed by atoms with Crippen molar-refractivity contribution in [2.75, 3.05) is 20.2 Å². The van der Waals surface area contributed by atoms with Gasteiger partial charge in [0.25, 0.3) is 0 Å². The molecule has 0 aliphatic heterocycles. The van der Waals surface area contributed by atoms with E-state index < -0.39 is 6.10 Å². The van der Waals surface area contributed by atoms with Crippen molar-refractivity contribution in [1.82, 2.24) is 15.3 Å². The van der Waals surface area contributed by atoms with Crippen molar-refractivity contribution in [3.8, 4) is 0 Å². The van der Waals surface area contributed by atoms with Gasteiger partial charge in [-0.2, -0.15) is 0 Å². The Morgan fingerprint density at radius 3 is 3.13 bits per heavy atom. The van der Waals surface area contributed by atoms with Gasteiger partial charge in [0, 0.05) is 39.0 Å². The number of hydrogen-bond donors (Lipinski definition) is 3. The summed E-state index contributed by atoms with van der Waals surface area (Å²) in [6.45, 7) is 0.704. The van der Waals surface area contributed by atoms with E-state index in [0.717, 1.165) is 5.82 Å². The average molecular weight is 212 g/mol. The Morgan fingerprint density at radius 1 is 1.80 bits per heavy atom. The number of carbonyl (C=O) groups is 1. The van der Waals surface area contributed by atoms with Crippen molar-refractivity contribution < 1.29 is 9.53 Å². The van der Waals surface area contributed by atoms with Crippen molar-refractivity contribution in [2.45, 2.75) is 12.5 Å². The predicted octanol–water partition coefficient (Wildman–Crippen LogP) is -0.958. The van der Waals surface area contributed by atoms with E-state index in [1.54, 1.807) is 12.4 Å². The van der Waals surface area contributed by atoms with Crippen molar-refractivity contribution in [2.24, 2.45) is 5.73 Å². The van der Waals surface area contributed by atoms with E-state index in [4.69, 9.17) is 10.5 Å². The first-order chi connectivity index (χ1) is 7.27. The van der Waals surface area contributed by atoms with Crippen LogP contribution in [-0.4, -0.2) is 42.2 Å². The lowest BCUT2D eigenvalue weighted by Gasteiger charge is -2.12. The topological polar surface area (TPSA) is 93.0 Å². The largest absolute Gasteiger partial charge is 0.370 e. The maximum Gasteiger partial charge on any atom is 0.250 e. The molecule has 1 aromatic rings. The number of nitrogens with two attached hydrogens (primary N) is 1. The second-order valence-electron chi connectivity index (χ2n) is 3.04. The number of methoxy groups -OCH3 is 1. The lowest BCUT2D eigenvalue weighted by Crippen LogP contribution is -2.41. The summed E-state index contributed by atoms with van der Waals surface area (Å²) in [5.41, 5.74) is 5.35. The van der Waals surface area contributed by atoms with E-state index in [2.05, 4.69) is 15.3 Å². The van der Waals surface area contributed by atoms with Gasteiger partial charge in [-0.3, -0.25) is 4.79 Å². The third kappa shape index (κ3) is 3.69. The van der Waals surface area contributed by atoms with Crippen LogP contribution in [0.3, 0.4) is 0 Å². The van der Waals surface area contributed by atoms with E-state index >= 15 is 0 Å². The Balaban J connectivity index is 2.22. The zero-order valence-corrected chi connectivity index (χ0v) is 8.69. The number of aromatic amines is 1. The minimum absolute atomic E-state index is 0.184. The Morgan fingerprint density at radius 2 is 2.60 bits per heavy atom. The standard InChI is InChI=1S/C9H16N4O2/c1-15-7(6-10)9(14)13-3-2-8-11-4-5-12-8/h4-5,7H,2-3,6,10H2,1H3,(H,11,12)(H,13,14). The van der Waals surface area contributed by atoms with E-state index in [0.29, 0.717) is 13.0 Å². The minimum Gasteiger partial charge on any atom is -0.370 e. The highest BCUT2D eigenvalue weighted by Gasteiger charge is 2.14. The maximum absolute atomic E-state index is 11.4. The SMILES string of the molecule is COC(CN)C(=O)NCCc1ncc[nH]1. The Bertz CT molecular complexity index is 282. The predicted molar refractivity (Wildman–Crippen MR) is 55.2 cm³/mol. The van der Waals surface area contributed by atoms with Crippen LogP contribution in [-0.2, 0) is 16.0 Å². The first-order valence-corrected chi connectivity index (χ1v) is 4.76. The van der Waals surface area contributed by atoms with Gasteiger partial charge in [-0.05, 0) is 0 Å². The molecule has 0 radical (unpaired) electrons. The van der Waals surface area contributed by atoms with Gasteiger partial charge in [0.15, 0.2) is 0 Å². The monoisotopic (exact) mass is 212 g/mol. The summed E-state index contributed by atoms with van der Waals surface area (Å²) >= 11 is 0. The highest BCUT2D eigenvalue weighted by atomic mass is 16.5. The smallest absolute Gasteiger partial charge is 0.250 e. The summed E-state index contributed by atoms with van der Waals surface area (Å²) in [6.07, 6.45) is 3.52. The Kier molecular flexibility index (Phi) is 4.79. The molecule has 1 atom stereocenters. The van der Waals surface area contributed by atoms with Gasteiger partial charge in [-0.1, -0.05) is 0 Å². The molecule has 0 spiro atoms. The first-order valence-electron chi connectivity index (χ1n) is 4.76. The molecule has 1 rings (SSSR count).